The highest BCUT2D eigenvalue weighted by molar-refractivity contribution is 7.99. The number of hydrogen-bond acceptors (Lipinski definition) is 4. The van der Waals surface area contributed by atoms with Gasteiger partial charge in [-0.15, -0.1) is 11.8 Å². The van der Waals surface area contributed by atoms with Gasteiger partial charge in [-0.1, -0.05) is 45.1 Å². The lowest BCUT2D eigenvalue weighted by molar-refractivity contribution is -0.131. The predicted octanol–water partition coefficient (Wildman–Crippen LogP) is 4.78. The number of rotatable bonds is 8. The van der Waals surface area contributed by atoms with Crippen molar-refractivity contribution in [3.05, 3.63) is 23.8 Å². The molecule has 2 aliphatic rings. The minimum absolute atomic E-state index is 0.114. The van der Waals surface area contributed by atoms with Gasteiger partial charge in [0.2, 0.25) is 5.91 Å². The molecule has 4 nitrogen and oxygen atoms in total. The van der Waals surface area contributed by atoms with Crippen molar-refractivity contribution in [1.29, 1.82) is 0 Å². The Morgan fingerprint density at radius 2 is 1.88 bits per heavy atom. The van der Waals surface area contributed by atoms with Gasteiger partial charge in [-0.25, -0.2) is 0 Å². The van der Waals surface area contributed by atoms with E-state index in [-0.39, 0.29) is 5.37 Å². The highest BCUT2D eigenvalue weighted by Gasteiger charge is 2.31. The SMILES string of the molecule is CCCCCCCCC(=O)N1CCSC1c1ccc2c(c1)OCCO2. The Balaban J connectivity index is 1.54. The number of hydrogen-bond donors (Lipinski definition) is 0. The molecule has 1 unspecified atom stereocenters. The molecule has 1 amide bonds. The lowest BCUT2D eigenvalue weighted by Gasteiger charge is -2.26. The van der Waals surface area contributed by atoms with E-state index >= 15 is 0 Å². The Morgan fingerprint density at radius 1 is 1.12 bits per heavy atom. The van der Waals surface area contributed by atoms with Crippen LogP contribution >= 0.6 is 11.8 Å². The number of thioether (sulfide) groups is 1. The smallest absolute Gasteiger partial charge is 0.223 e. The van der Waals surface area contributed by atoms with Crippen LogP contribution in [0.2, 0.25) is 0 Å². The summed E-state index contributed by atoms with van der Waals surface area (Å²) in [4.78, 5) is 14.7. The molecule has 2 aliphatic heterocycles. The molecular weight excluding hydrogens is 334 g/mol. The summed E-state index contributed by atoms with van der Waals surface area (Å²) >= 11 is 1.84. The Hall–Kier alpha value is -1.36. The van der Waals surface area contributed by atoms with Crippen LogP contribution in [0.25, 0.3) is 0 Å². The molecule has 2 heterocycles. The monoisotopic (exact) mass is 363 g/mol. The van der Waals surface area contributed by atoms with E-state index in [0.717, 1.165) is 35.8 Å². The zero-order chi connectivity index (χ0) is 17.5. The van der Waals surface area contributed by atoms with E-state index < -0.39 is 0 Å². The van der Waals surface area contributed by atoms with Gasteiger partial charge >= 0.3 is 0 Å². The van der Waals surface area contributed by atoms with Gasteiger partial charge in [0.25, 0.3) is 0 Å². The molecule has 1 fully saturated rings. The summed E-state index contributed by atoms with van der Waals surface area (Å²) in [5.74, 6) is 2.91. The van der Waals surface area contributed by atoms with E-state index in [9.17, 15) is 4.79 Å². The van der Waals surface area contributed by atoms with E-state index in [1.165, 1.54) is 32.1 Å². The first-order valence-corrected chi connectivity index (χ1v) is 10.6. The highest BCUT2D eigenvalue weighted by Crippen LogP contribution is 2.42. The summed E-state index contributed by atoms with van der Waals surface area (Å²) in [5.41, 5.74) is 1.14. The number of carbonyl (C=O) groups is 1. The van der Waals surface area contributed by atoms with Crippen molar-refractivity contribution in [3.63, 3.8) is 0 Å². The van der Waals surface area contributed by atoms with Gasteiger partial charge in [0.1, 0.15) is 18.6 Å². The quantitative estimate of drug-likeness (QED) is 0.623. The van der Waals surface area contributed by atoms with Gasteiger partial charge < -0.3 is 14.4 Å². The minimum Gasteiger partial charge on any atom is -0.486 e. The minimum atomic E-state index is 0.114. The van der Waals surface area contributed by atoms with E-state index in [0.29, 0.717) is 25.5 Å². The highest BCUT2D eigenvalue weighted by atomic mass is 32.2. The molecule has 0 aromatic heterocycles. The number of ether oxygens (including phenoxy) is 2. The van der Waals surface area contributed by atoms with Crippen LogP contribution in [0.15, 0.2) is 18.2 Å². The first kappa shape index (κ1) is 18.4. The van der Waals surface area contributed by atoms with E-state index in [2.05, 4.69) is 13.0 Å². The second-order valence-electron chi connectivity index (χ2n) is 6.73. The Bertz CT molecular complexity index is 578. The third-order valence-electron chi connectivity index (χ3n) is 4.81. The summed E-state index contributed by atoms with van der Waals surface area (Å²) in [6.45, 7) is 4.27. The first-order valence-electron chi connectivity index (χ1n) is 9.60. The molecule has 0 bridgehead atoms. The van der Waals surface area contributed by atoms with Crippen LogP contribution in [0.3, 0.4) is 0 Å². The first-order chi connectivity index (χ1) is 12.3. The number of fused-ring (bicyclic) bond motifs is 1. The maximum Gasteiger partial charge on any atom is 0.223 e. The van der Waals surface area contributed by atoms with Crippen LogP contribution in [0.5, 0.6) is 11.5 Å². The van der Waals surface area contributed by atoms with Crippen molar-refractivity contribution in [1.82, 2.24) is 4.90 Å². The van der Waals surface area contributed by atoms with Crippen molar-refractivity contribution in [2.45, 2.75) is 57.2 Å². The van der Waals surface area contributed by atoms with Gasteiger partial charge in [0.15, 0.2) is 11.5 Å². The number of amides is 1. The third-order valence-corrected chi connectivity index (χ3v) is 6.07. The van der Waals surface area contributed by atoms with E-state index in [1.807, 2.05) is 28.8 Å². The summed E-state index contributed by atoms with van der Waals surface area (Å²) < 4.78 is 11.3. The average Bonchev–Trinajstić information content (AvgIpc) is 3.14. The molecule has 1 aromatic carbocycles. The molecule has 3 rings (SSSR count). The van der Waals surface area contributed by atoms with Crippen LogP contribution in [0.1, 0.15) is 62.8 Å². The predicted molar refractivity (Wildman–Crippen MR) is 102 cm³/mol. The lowest BCUT2D eigenvalue weighted by Crippen LogP contribution is -2.30. The topological polar surface area (TPSA) is 38.8 Å². The lowest BCUT2D eigenvalue weighted by atomic mass is 10.1. The summed E-state index contributed by atoms with van der Waals surface area (Å²) in [7, 11) is 0. The number of benzene rings is 1. The molecule has 25 heavy (non-hydrogen) atoms. The zero-order valence-corrected chi connectivity index (χ0v) is 16.0. The van der Waals surface area contributed by atoms with Crippen molar-refractivity contribution < 1.29 is 14.3 Å². The summed E-state index contributed by atoms with van der Waals surface area (Å²) in [6, 6.07) is 6.09. The Kier molecular flexibility index (Phi) is 6.91. The molecule has 0 saturated carbocycles. The molecule has 1 saturated heterocycles. The normalized spacial score (nSPS) is 19.2. The number of nitrogens with zero attached hydrogens (tertiary/aromatic N) is 1. The Labute approximate surface area is 155 Å². The van der Waals surface area contributed by atoms with Crippen LogP contribution < -0.4 is 9.47 Å². The van der Waals surface area contributed by atoms with Crippen molar-refractivity contribution >= 4 is 17.7 Å². The Morgan fingerprint density at radius 3 is 2.72 bits per heavy atom. The number of carbonyl (C=O) groups excluding carboxylic acids is 1. The van der Waals surface area contributed by atoms with Crippen molar-refractivity contribution in [3.8, 4) is 11.5 Å². The molecule has 138 valence electrons. The zero-order valence-electron chi connectivity index (χ0n) is 15.2. The third kappa shape index (κ3) is 4.84. The number of unbranched alkanes of at least 4 members (excludes halogenated alkanes) is 5. The second-order valence-corrected chi connectivity index (χ2v) is 7.92. The molecule has 0 aliphatic carbocycles. The fourth-order valence-corrected chi connectivity index (χ4v) is 4.68. The van der Waals surface area contributed by atoms with E-state index in [4.69, 9.17) is 9.47 Å². The molecule has 5 heteroatoms. The van der Waals surface area contributed by atoms with Gasteiger partial charge in [-0.2, -0.15) is 0 Å². The largest absolute Gasteiger partial charge is 0.486 e. The fraction of sp³-hybridized carbons (Fsp3) is 0.650. The van der Waals surface area contributed by atoms with Gasteiger partial charge in [-0.3, -0.25) is 4.79 Å². The maximum absolute atomic E-state index is 12.7. The molecule has 0 radical (unpaired) electrons. The van der Waals surface area contributed by atoms with Gasteiger partial charge in [0, 0.05) is 18.7 Å². The fourth-order valence-electron chi connectivity index (χ4n) is 3.42. The molecule has 0 spiro atoms. The van der Waals surface area contributed by atoms with Gasteiger partial charge in [0.05, 0.1) is 0 Å². The summed E-state index contributed by atoms with van der Waals surface area (Å²) in [6.07, 6.45) is 7.97. The van der Waals surface area contributed by atoms with Crippen molar-refractivity contribution in [2.75, 3.05) is 25.5 Å². The van der Waals surface area contributed by atoms with E-state index in [1.54, 1.807) is 0 Å². The second kappa shape index (κ2) is 9.37. The molecule has 1 aromatic rings. The van der Waals surface area contributed by atoms with Crippen LogP contribution in [-0.4, -0.2) is 36.3 Å². The molecular formula is C20H29NO3S. The maximum atomic E-state index is 12.7. The van der Waals surface area contributed by atoms with Crippen LogP contribution in [0, 0.1) is 0 Å². The van der Waals surface area contributed by atoms with Crippen molar-refractivity contribution in [2.24, 2.45) is 0 Å². The molecule has 0 N–H and O–H groups in total. The molecule has 1 atom stereocenters. The summed E-state index contributed by atoms with van der Waals surface area (Å²) in [5, 5.41) is 0.114. The standard InChI is InChI=1S/C20H29NO3S/c1-2-3-4-5-6-7-8-19(22)21-11-14-25-20(21)16-9-10-17-18(15-16)24-13-12-23-17/h9-10,15,20H,2-8,11-14H2,1H3. The van der Waals surface area contributed by atoms with Crippen LogP contribution in [-0.2, 0) is 4.79 Å². The average molecular weight is 364 g/mol. The van der Waals surface area contributed by atoms with Crippen LogP contribution in [0.4, 0.5) is 0 Å². The van der Waals surface area contributed by atoms with Gasteiger partial charge in [-0.05, 0) is 24.1 Å².